The number of hydrogen-bond donors (Lipinski definition) is 3. The van der Waals surface area contributed by atoms with Gasteiger partial charge in [0.15, 0.2) is 5.65 Å². The Balaban J connectivity index is 1.65. The third-order valence-electron chi connectivity index (χ3n) is 3.57. The normalized spacial score (nSPS) is 22.2. The lowest BCUT2D eigenvalue weighted by molar-refractivity contribution is 0.0955. The summed E-state index contributed by atoms with van der Waals surface area (Å²) in [5.41, 5.74) is 0.590. The number of nitrogens with zero attached hydrogens (tertiary/aromatic N) is 3. The van der Waals surface area contributed by atoms with E-state index in [9.17, 15) is 9.90 Å². The molecule has 8 heteroatoms. The van der Waals surface area contributed by atoms with Gasteiger partial charge < -0.3 is 10.4 Å². The number of aromatic nitrogens is 3. The molecule has 2 atom stereocenters. The quantitative estimate of drug-likeness (QED) is 0.789. The highest BCUT2D eigenvalue weighted by atomic mass is 35.5. The van der Waals surface area contributed by atoms with E-state index >= 15 is 0 Å². The van der Waals surface area contributed by atoms with Gasteiger partial charge in [-0.25, -0.2) is 9.31 Å². The molecule has 0 radical (unpaired) electrons. The molecule has 1 fully saturated rings. The van der Waals surface area contributed by atoms with E-state index in [0.717, 1.165) is 25.7 Å². The number of rotatable bonds is 2. The molecule has 3 N–H and O–H groups in total. The zero-order valence-corrected chi connectivity index (χ0v) is 12.0. The van der Waals surface area contributed by atoms with Crippen LogP contribution in [0.15, 0.2) is 18.3 Å². The molecule has 0 bridgehead atoms. The van der Waals surface area contributed by atoms with Gasteiger partial charge in [0, 0.05) is 6.20 Å². The second kappa shape index (κ2) is 5.87. The van der Waals surface area contributed by atoms with Crippen LogP contribution in [-0.4, -0.2) is 37.9 Å². The monoisotopic (exact) mass is 309 g/mol. The highest BCUT2D eigenvalue weighted by Crippen LogP contribution is 2.18. The van der Waals surface area contributed by atoms with Gasteiger partial charge in [0.2, 0.25) is 0 Å². The van der Waals surface area contributed by atoms with Crippen molar-refractivity contribution < 1.29 is 9.90 Å². The molecule has 2 heterocycles. The van der Waals surface area contributed by atoms with Crippen LogP contribution in [0.3, 0.4) is 0 Å². The van der Waals surface area contributed by atoms with Crippen molar-refractivity contribution in [1.29, 1.82) is 0 Å². The van der Waals surface area contributed by atoms with E-state index in [0.29, 0.717) is 10.7 Å². The number of hydrogen-bond acceptors (Lipinski definition) is 4. The summed E-state index contributed by atoms with van der Waals surface area (Å²) in [5, 5.41) is 19.8. The minimum absolute atomic E-state index is 0.195. The third kappa shape index (κ3) is 3.25. The first-order valence-corrected chi connectivity index (χ1v) is 7.27. The van der Waals surface area contributed by atoms with Gasteiger partial charge in [-0.05, 0) is 25.0 Å². The summed E-state index contributed by atoms with van der Waals surface area (Å²) in [4.78, 5) is 16.1. The summed E-state index contributed by atoms with van der Waals surface area (Å²) < 4.78 is 1.49. The van der Waals surface area contributed by atoms with Crippen LogP contribution >= 0.6 is 11.6 Å². The van der Waals surface area contributed by atoms with Crippen molar-refractivity contribution in [1.82, 2.24) is 19.9 Å². The van der Waals surface area contributed by atoms with Crippen molar-refractivity contribution in [3.63, 3.8) is 0 Å². The van der Waals surface area contributed by atoms with Crippen molar-refractivity contribution in [2.24, 2.45) is 0 Å². The molecule has 1 aliphatic carbocycles. The summed E-state index contributed by atoms with van der Waals surface area (Å²) in [5.74, 6) is 0.195. The van der Waals surface area contributed by atoms with Crippen molar-refractivity contribution >= 4 is 29.2 Å². The van der Waals surface area contributed by atoms with Crippen LogP contribution in [0, 0.1) is 0 Å². The van der Waals surface area contributed by atoms with E-state index in [1.54, 1.807) is 18.3 Å². The molecular formula is C13H16ClN5O2. The fraction of sp³-hybridized carbons (Fsp3) is 0.462. The molecule has 21 heavy (non-hydrogen) atoms. The number of fused-ring (bicyclic) bond motifs is 1. The molecule has 0 saturated heterocycles. The molecule has 2 aromatic rings. The third-order valence-corrected chi connectivity index (χ3v) is 3.79. The Kier molecular flexibility index (Phi) is 3.94. The Hall–Kier alpha value is -1.86. The van der Waals surface area contributed by atoms with E-state index in [2.05, 4.69) is 20.7 Å². The SMILES string of the molecule is O=C(Nc1nc2ccc(Cl)cn2n1)N[C@@H]1CCCC[C@@H]1O. The Morgan fingerprint density at radius 3 is 3.00 bits per heavy atom. The Morgan fingerprint density at radius 1 is 1.38 bits per heavy atom. The van der Waals surface area contributed by atoms with Gasteiger partial charge in [-0.1, -0.05) is 24.4 Å². The van der Waals surface area contributed by atoms with E-state index < -0.39 is 12.1 Å². The first-order valence-electron chi connectivity index (χ1n) is 6.89. The topological polar surface area (TPSA) is 91.6 Å². The van der Waals surface area contributed by atoms with Crippen LogP contribution in [0.4, 0.5) is 10.7 Å². The standard InChI is InChI=1S/C13H16ClN5O2/c14-8-5-6-11-16-12(18-19(11)7-8)17-13(21)15-9-3-1-2-4-10(9)20/h5-7,9-10,20H,1-4H2,(H2,15,17,18,21)/t9-,10+/m1/s1. The number of carbonyl (C=O) groups excluding carboxylic acids is 1. The van der Waals surface area contributed by atoms with Gasteiger partial charge in [0.1, 0.15) is 0 Å². The van der Waals surface area contributed by atoms with Crippen LogP contribution in [0.5, 0.6) is 0 Å². The van der Waals surface area contributed by atoms with E-state index in [1.165, 1.54) is 4.52 Å². The number of aliphatic hydroxyl groups is 1. The maximum Gasteiger partial charge on any atom is 0.321 e. The number of anilines is 1. The summed E-state index contributed by atoms with van der Waals surface area (Å²) >= 11 is 5.86. The molecule has 1 aliphatic rings. The lowest BCUT2D eigenvalue weighted by atomic mass is 9.93. The fourth-order valence-corrected chi connectivity index (χ4v) is 2.65. The predicted molar refractivity (Wildman–Crippen MR) is 78.4 cm³/mol. The second-order valence-corrected chi connectivity index (χ2v) is 5.58. The molecule has 2 aromatic heterocycles. The lowest BCUT2D eigenvalue weighted by Crippen LogP contribution is -2.46. The van der Waals surface area contributed by atoms with Gasteiger partial charge >= 0.3 is 6.03 Å². The maximum absolute atomic E-state index is 11.9. The second-order valence-electron chi connectivity index (χ2n) is 5.14. The number of aliphatic hydroxyl groups excluding tert-OH is 1. The highest BCUT2D eigenvalue weighted by molar-refractivity contribution is 6.30. The van der Waals surface area contributed by atoms with Crippen molar-refractivity contribution in [3.8, 4) is 0 Å². The van der Waals surface area contributed by atoms with Crippen molar-refractivity contribution in [2.75, 3.05) is 5.32 Å². The van der Waals surface area contributed by atoms with Crippen LogP contribution in [-0.2, 0) is 0 Å². The molecular weight excluding hydrogens is 294 g/mol. The van der Waals surface area contributed by atoms with E-state index in [4.69, 9.17) is 11.6 Å². The molecule has 1 saturated carbocycles. The van der Waals surface area contributed by atoms with Crippen LogP contribution in [0.25, 0.3) is 5.65 Å². The lowest BCUT2D eigenvalue weighted by Gasteiger charge is -2.28. The molecule has 0 aliphatic heterocycles. The number of nitrogens with one attached hydrogen (secondary N) is 2. The Bertz CT molecular complexity index is 659. The van der Waals surface area contributed by atoms with Gasteiger partial charge in [0.05, 0.1) is 17.2 Å². The first-order chi connectivity index (χ1) is 10.1. The van der Waals surface area contributed by atoms with Gasteiger partial charge in [-0.3, -0.25) is 5.32 Å². The summed E-state index contributed by atoms with van der Waals surface area (Å²) in [6.07, 6.45) is 4.62. The summed E-state index contributed by atoms with van der Waals surface area (Å²) in [6, 6.07) is 2.78. The molecule has 0 unspecified atom stereocenters. The Morgan fingerprint density at radius 2 is 2.19 bits per heavy atom. The molecule has 3 rings (SSSR count). The Labute approximate surface area is 126 Å². The predicted octanol–water partition coefficient (Wildman–Crippen LogP) is 1.81. The zero-order valence-electron chi connectivity index (χ0n) is 11.3. The van der Waals surface area contributed by atoms with Crippen LogP contribution in [0.1, 0.15) is 25.7 Å². The van der Waals surface area contributed by atoms with Gasteiger partial charge in [-0.15, -0.1) is 5.10 Å². The molecule has 0 aromatic carbocycles. The van der Waals surface area contributed by atoms with E-state index in [-0.39, 0.29) is 12.0 Å². The maximum atomic E-state index is 11.9. The van der Waals surface area contributed by atoms with Crippen molar-refractivity contribution in [2.45, 2.75) is 37.8 Å². The average Bonchev–Trinajstić information content (AvgIpc) is 2.82. The fourth-order valence-electron chi connectivity index (χ4n) is 2.50. The molecule has 2 amide bonds. The number of amides is 2. The van der Waals surface area contributed by atoms with E-state index in [1.807, 2.05) is 0 Å². The highest BCUT2D eigenvalue weighted by Gasteiger charge is 2.24. The van der Waals surface area contributed by atoms with Gasteiger partial charge in [0.25, 0.3) is 5.95 Å². The zero-order chi connectivity index (χ0) is 14.8. The summed E-state index contributed by atoms with van der Waals surface area (Å²) in [7, 11) is 0. The first kappa shape index (κ1) is 14.1. The molecule has 112 valence electrons. The van der Waals surface area contributed by atoms with Gasteiger partial charge in [-0.2, -0.15) is 4.98 Å². The smallest absolute Gasteiger partial charge is 0.321 e. The number of pyridine rings is 1. The minimum atomic E-state index is -0.489. The number of halogens is 1. The largest absolute Gasteiger partial charge is 0.391 e. The summed E-state index contributed by atoms with van der Waals surface area (Å²) in [6.45, 7) is 0. The molecule has 0 spiro atoms. The molecule has 7 nitrogen and oxygen atoms in total. The average molecular weight is 310 g/mol. The van der Waals surface area contributed by atoms with Crippen LogP contribution in [0.2, 0.25) is 5.02 Å². The minimum Gasteiger partial charge on any atom is -0.391 e. The van der Waals surface area contributed by atoms with Crippen LogP contribution < -0.4 is 10.6 Å². The van der Waals surface area contributed by atoms with Crippen molar-refractivity contribution in [3.05, 3.63) is 23.4 Å². The number of urea groups is 1. The number of carbonyl (C=O) groups is 1.